The van der Waals surface area contributed by atoms with Crippen LogP contribution in [0, 0.1) is 0 Å². The van der Waals surface area contributed by atoms with Gasteiger partial charge in [0.15, 0.2) is 0 Å². The molecule has 5 nitrogen and oxygen atoms in total. The van der Waals surface area contributed by atoms with Crippen molar-refractivity contribution in [2.75, 3.05) is 20.0 Å². The Morgan fingerprint density at radius 1 is 1.25 bits per heavy atom. The summed E-state index contributed by atoms with van der Waals surface area (Å²) in [6.07, 6.45) is 3.02. The van der Waals surface area contributed by atoms with Crippen molar-refractivity contribution in [2.45, 2.75) is 19.3 Å². The fraction of sp³-hybridized carbons (Fsp3) is 0.462. The molecule has 20 heavy (non-hydrogen) atoms. The Kier molecular flexibility index (Phi) is 13.9. The lowest BCUT2D eigenvalue weighted by atomic mass is 10.1. The molecule has 1 atom stereocenters. The first-order valence-electron chi connectivity index (χ1n) is 5.94. The van der Waals surface area contributed by atoms with Gasteiger partial charge in [-0.1, -0.05) is 37.0 Å². The van der Waals surface area contributed by atoms with Crippen molar-refractivity contribution in [3.8, 4) is 0 Å². The average Bonchev–Trinajstić information content (AvgIpc) is 2.40. The quantitative estimate of drug-likeness (QED) is 0.522. The van der Waals surface area contributed by atoms with Gasteiger partial charge in [-0.05, 0) is 18.4 Å². The van der Waals surface area contributed by atoms with E-state index in [4.69, 9.17) is 4.55 Å². The number of ether oxygens (including phenoxy) is 1. The molecule has 1 rings (SSSR count). The number of methoxy groups -OCH3 is 1. The molecule has 0 aliphatic rings. The van der Waals surface area contributed by atoms with Crippen molar-refractivity contribution < 1.29 is 22.5 Å². The lowest BCUT2D eigenvalue weighted by Crippen LogP contribution is -2.00. The van der Waals surface area contributed by atoms with E-state index in [2.05, 4.69) is 26.1 Å². The van der Waals surface area contributed by atoms with E-state index in [1.165, 1.54) is 12.7 Å². The number of esters is 1. The third-order valence-electron chi connectivity index (χ3n) is 1.92. The Morgan fingerprint density at radius 2 is 1.70 bits per heavy atom. The van der Waals surface area contributed by atoms with Gasteiger partial charge in [-0.3, -0.25) is 9.35 Å². The molecule has 1 unspecified atom stereocenters. The van der Waals surface area contributed by atoms with Crippen LogP contribution in [0.15, 0.2) is 30.3 Å². The van der Waals surface area contributed by atoms with Gasteiger partial charge in [0, 0.05) is 6.42 Å². The topological polar surface area (TPSA) is 80.7 Å². The Labute approximate surface area is 123 Å². The fourth-order valence-corrected chi connectivity index (χ4v) is 1.18. The van der Waals surface area contributed by atoms with E-state index in [-0.39, 0.29) is 5.97 Å². The van der Waals surface area contributed by atoms with Crippen LogP contribution >= 0.6 is 9.24 Å². The van der Waals surface area contributed by atoms with Crippen LogP contribution in [0.25, 0.3) is 0 Å². The molecule has 0 fully saturated rings. The minimum Gasteiger partial charge on any atom is -0.469 e. The average molecular weight is 322 g/mol. The molecule has 0 spiro atoms. The molecule has 7 heteroatoms. The van der Waals surface area contributed by atoms with Gasteiger partial charge in [-0.25, -0.2) is 0 Å². The maximum absolute atomic E-state index is 10.8. The standard InChI is InChI=1S/C11H14O2.CH4O3S.CH5P/c1-13-11(12)9-5-8-10-6-3-2-4-7-10;1-5(2,3)4;1-2/h2-4,6-7H,5,8-9H2,1H3;1H3,(H,2,3,4);2H2,1H3. The van der Waals surface area contributed by atoms with Gasteiger partial charge in [-0.15, -0.1) is 9.24 Å². The van der Waals surface area contributed by atoms with Crippen molar-refractivity contribution in [3.05, 3.63) is 35.9 Å². The molecular formula is C13H23O5PS. The zero-order chi connectivity index (χ0) is 16.0. The summed E-state index contributed by atoms with van der Waals surface area (Å²) in [5.41, 5.74) is 1.27. The van der Waals surface area contributed by atoms with Crippen LogP contribution in [0.5, 0.6) is 0 Å². The maximum atomic E-state index is 10.8. The molecule has 0 aliphatic heterocycles. The number of aryl methyl sites for hydroxylation is 1. The third kappa shape index (κ3) is 19.4. The summed E-state index contributed by atoms with van der Waals surface area (Å²) in [4.78, 5) is 10.8. The number of carbonyl (C=O) groups is 1. The molecule has 1 N–H and O–H groups in total. The zero-order valence-electron chi connectivity index (χ0n) is 12.1. The van der Waals surface area contributed by atoms with Gasteiger partial charge in [0.05, 0.1) is 13.4 Å². The molecule has 0 radical (unpaired) electrons. The molecule has 0 aromatic heterocycles. The Balaban J connectivity index is 0. The van der Waals surface area contributed by atoms with Crippen LogP contribution < -0.4 is 0 Å². The lowest BCUT2D eigenvalue weighted by molar-refractivity contribution is -0.140. The van der Waals surface area contributed by atoms with E-state index >= 15 is 0 Å². The Bertz CT molecular complexity index is 437. The fourth-order valence-electron chi connectivity index (χ4n) is 1.18. The summed E-state index contributed by atoms with van der Waals surface area (Å²) < 4.78 is 30.4. The van der Waals surface area contributed by atoms with Crippen LogP contribution in [0.2, 0.25) is 0 Å². The predicted molar refractivity (Wildman–Crippen MR) is 84.5 cm³/mol. The molecule has 0 amide bonds. The smallest absolute Gasteiger partial charge is 0.305 e. The molecule has 1 aromatic carbocycles. The summed E-state index contributed by atoms with van der Waals surface area (Å²) in [6.45, 7) is 1.92. The number of benzene rings is 1. The van der Waals surface area contributed by atoms with Crippen molar-refractivity contribution in [3.63, 3.8) is 0 Å². The molecule has 0 heterocycles. The highest BCUT2D eigenvalue weighted by Gasteiger charge is 1.99. The first kappa shape index (κ1) is 21.3. The molecule has 0 aliphatic carbocycles. The molecule has 116 valence electrons. The Morgan fingerprint density at radius 3 is 2.10 bits per heavy atom. The zero-order valence-corrected chi connectivity index (χ0v) is 14.0. The molecule has 0 bridgehead atoms. The lowest BCUT2D eigenvalue weighted by Gasteiger charge is -1.99. The number of hydrogen-bond donors (Lipinski definition) is 1. The summed E-state index contributed by atoms with van der Waals surface area (Å²) >= 11 is 0. The molecular weight excluding hydrogens is 299 g/mol. The van der Waals surface area contributed by atoms with Crippen molar-refractivity contribution in [2.24, 2.45) is 0 Å². The predicted octanol–water partition coefficient (Wildman–Crippen LogP) is 2.18. The van der Waals surface area contributed by atoms with Gasteiger partial charge in [0.25, 0.3) is 10.1 Å². The van der Waals surface area contributed by atoms with E-state index in [0.29, 0.717) is 12.7 Å². The van der Waals surface area contributed by atoms with Crippen molar-refractivity contribution in [1.82, 2.24) is 0 Å². The normalized spacial score (nSPS) is 9.45. The van der Waals surface area contributed by atoms with Crippen LogP contribution in [0.3, 0.4) is 0 Å². The van der Waals surface area contributed by atoms with Gasteiger partial charge in [0.2, 0.25) is 0 Å². The first-order chi connectivity index (χ1) is 9.33. The van der Waals surface area contributed by atoms with E-state index in [1.54, 1.807) is 0 Å². The van der Waals surface area contributed by atoms with Gasteiger partial charge >= 0.3 is 5.97 Å². The molecule has 0 saturated heterocycles. The molecule has 0 saturated carbocycles. The number of rotatable bonds is 4. The second kappa shape index (κ2) is 13.0. The van der Waals surface area contributed by atoms with Gasteiger partial charge in [-0.2, -0.15) is 8.42 Å². The second-order valence-electron chi connectivity index (χ2n) is 3.65. The van der Waals surface area contributed by atoms with Crippen LogP contribution in [-0.2, 0) is 26.1 Å². The summed E-state index contributed by atoms with van der Waals surface area (Å²) in [5.74, 6) is -0.129. The van der Waals surface area contributed by atoms with Crippen LogP contribution in [-0.4, -0.2) is 39.0 Å². The summed E-state index contributed by atoms with van der Waals surface area (Å²) in [6, 6.07) is 10.1. The highest BCUT2D eigenvalue weighted by Crippen LogP contribution is 2.04. The van der Waals surface area contributed by atoms with E-state index < -0.39 is 10.1 Å². The van der Waals surface area contributed by atoms with Gasteiger partial charge in [0.1, 0.15) is 0 Å². The number of carbonyl (C=O) groups excluding carboxylic acids is 1. The second-order valence-corrected chi connectivity index (χ2v) is 5.11. The summed E-state index contributed by atoms with van der Waals surface area (Å²) in [5, 5.41) is 0. The van der Waals surface area contributed by atoms with Crippen molar-refractivity contribution >= 4 is 25.3 Å². The largest absolute Gasteiger partial charge is 0.469 e. The highest BCUT2D eigenvalue weighted by molar-refractivity contribution is 7.85. The highest BCUT2D eigenvalue weighted by atomic mass is 32.2. The van der Waals surface area contributed by atoms with E-state index in [9.17, 15) is 13.2 Å². The number of hydrogen-bond acceptors (Lipinski definition) is 4. The van der Waals surface area contributed by atoms with Crippen LogP contribution in [0.1, 0.15) is 18.4 Å². The monoisotopic (exact) mass is 322 g/mol. The first-order valence-corrected chi connectivity index (χ1v) is 8.94. The SMILES string of the molecule is COC(=O)CCCc1ccccc1.CP.CS(=O)(=O)O. The summed E-state index contributed by atoms with van der Waals surface area (Å²) in [7, 11) is 0.171. The minimum absolute atomic E-state index is 0.129. The molecule has 1 aromatic rings. The van der Waals surface area contributed by atoms with Gasteiger partial charge < -0.3 is 4.74 Å². The third-order valence-corrected chi connectivity index (χ3v) is 1.92. The Hall–Kier alpha value is -0.970. The van der Waals surface area contributed by atoms with Crippen molar-refractivity contribution in [1.29, 1.82) is 0 Å². The maximum Gasteiger partial charge on any atom is 0.305 e. The van der Waals surface area contributed by atoms with Crippen LogP contribution in [0.4, 0.5) is 0 Å². The van der Waals surface area contributed by atoms with E-state index in [0.717, 1.165) is 12.8 Å². The van der Waals surface area contributed by atoms with E-state index in [1.807, 2.05) is 24.9 Å². The minimum atomic E-state index is -3.67.